The summed E-state index contributed by atoms with van der Waals surface area (Å²) in [4.78, 5) is 9.58. The highest BCUT2D eigenvalue weighted by molar-refractivity contribution is 5.66. The fourth-order valence-electron chi connectivity index (χ4n) is 5.22. The molecule has 1 aliphatic heterocycles. The number of aryl methyl sites for hydroxylation is 2. The summed E-state index contributed by atoms with van der Waals surface area (Å²) in [5, 5.41) is 9.56. The Morgan fingerprint density at radius 2 is 1.65 bits per heavy atom. The lowest BCUT2D eigenvalue weighted by molar-refractivity contribution is 0.294. The average molecular weight is 531 g/mol. The van der Waals surface area contributed by atoms with Crippen molar-refractivity contribution in [3.63, 3.8) is 0 Å². The molecule has 0 bridgehead atoms. The minimum atomic E-state index is -0.243. The number of hydrogen-bond acceptors (Lipinski definition) is 7. The minimum Gasteiger partial charge on any atom is -0.497 e. The van der Waals surface area contributed by atoms with Gasteiger partial charge in [-0.25, -0.2) is 19.2 Å². The predicted molar refractivity (Wildman–Crippen MR) is 149 cm³/mol. The van der Waals surface area contributed by atoms with Crippen LogP contribution in [-0.4, -0.2) is 36.5 Å². The maximum Gasteiger partial charge on any atom is 0.230 e. The lowest BCUT2D eigenvalue weighted by Crippen LogP contribution is -2.16. The van der Waals surface area contributed by atoms with Crippen LogP contribution in [0.2, 0.25) is 0 Å². The molecule has 6 aromatic rings. The number of fused-ring (bicyclic) bond motifs is 4. The van der Waals surface area contributed by atoms with Crippen LogP contribution in [0, 0.1) is 13.8 Å². The molecule has 9 nitrogen and oxygen atoms in total. The van der Waals surface area contributed by atoms with Crippen molar-refractivity contribution in [2.45, 2.75) is 26.4 Å². The summed E-state index contributed by atoms with van der Waals surface area (Å²) in [6.45, 7) is 4.24. The highest BCUT2D eigenvalue weighted by Gasteiger charge is 2.38. The number of methoxy groups -OCH3 is 1. The van der Waals surface area contributed by atoms with Crippen LogP contribution in [0.1, 0.15) is 39.7 Å². The molecule has 1 atom stereocenters. The molecule has 0 unspecified atom stereocenters. The number of benzene rings is 3. The van der Waals surface area contributed by atoms with Gasteiger partial charge in [0.1, 0.15) is 24.4 Å². The van der Waals surface area contributed by atoms with E-state index in [1.807, 2.05) is 85.3 Å². The summed E-state index contributed by atoms with van der Waals surface area (Å²) in [5.41, 5.74) is 6.29. The summed E-state index contributed by atoms with van der Waals surface area (Å²) >= 11 is 0. The molecule has 0 N–H and O–H groups in total. The Bertz CT molecular complexity index is 1840. The van der Waals surface area contributed by atoms with E-state index in [0.29, 0.717) is 23.2 Å². The van der Waals surface area contributed by atoms with E-state index >= 15 is 0 Å². The van der Waals surface area contributed by atoms with Crippen LogP contribution in [0.15, 0.2) is 85.2 Å². The smallest absolute Gasteiger partial charge is 0.230 e. The van der Waals surface area contributed by atoms with Gasteiger partial charge in [-0.3, -0.25) is 0 Å². The third-order valence-corrected chi connectivity index (χ3v) is 7.16. The quantitative estimate of drug-likeness (QED) is 0.268. The van der Waals surface area contributed by atoms with Crippen LogP contribution in [0.4, 0.5) is 0 Å². The summed E-state index contributed by atoms with van der Waals surface area (Å²) in [6, 6.07) is 25.9. The minimum absolute atomic E-state index is 0.228. The number of nitrogens with zero attached hydrogens (tertiary/aromatic N) is 6. The van der Waals surface area contributed by atoms with E-state index in [-0.39, 0.29) is 12.5 Å². The van der Waals surface area contributed by atoms with Crippen LogP contribution in [-0.2, 0) is 6.61 Å². The van der Waals surface area contributed by atoms with E-state index in [4.69, 9.17) is 24.3 Å². The van der Waals surface area contributed by atoms with E-state index in [1.54, 1.807) is 18.0 Å². The molecule has 4 heterocycles. The number of rotatable bonds is 6. The molecule has 7 rings (SSSR count). The molecule has 0 fully saturated rings. The van der Waals surface area contributed by atoms with Crippen molar-refractivity contribution in [3.05, 3.63) is 119 Å². The van der Waals surface area contributed by atoms with Gasteiger partial charge in [-0.2, -0.15) is 5.10 Å². The lowest BCUT2D eigenvalue weighted by atomic mass is 9.84. The van der Waals surface area contributed by atoms with Crippen molar-refractivity contribution < 1.29 is 14.2 Å². The van der Waals surface area contributed by atoms with Crippen molar-refractivity contribution >= 4 is 5.65 Å². The monoisotopic (exact) mass is 530 g/mol. The highest BCUT2D eigenvalue weighted by Crippen LogP contribution is 2.49. The van der Waals surface area contributed by atoms with Gasteiger partial charge in [0.15, 0.2) is 11.5 Å². The van der Waals surface area contributed by atoms with Crippen molar-refractivity contribution in [2.75, 3.05) is 7.11 Å². The summed E-state index contributed by atoms with van der Waals surface area (Å²) in [5.74, 6) is 2.99. The van der Waals surface area contributed by atoms with Crippen LogP contribution >= 0.6 is 0 Å². The maximum absolute atomic E-state index is 6.50. The topological polar surface area (TPSA) is 88.6 Å². The second-order valence-corrected chi connectivity index (χ2v) is 9.67. The fourth-order valence-corrected chi connectivity index (χ4v) is 5.22. The van der Waals surface area contributed by atoms with Crippen molar-refractivity contribution in [1.29, 1.82) is 0 Å². The molecule has 1 aliphatic rings. The first-order valence-electron chi connectivity index (χ1n) is 13.0. The predicted octanol–water partition coefficient (Wildman–Crippen LogP) is 5.80. The first-order chi connectivity index (χ1) is 19.6. The SMILES string of the molecule is COc1ccc([C@@H]2c3c(C)nn(-c4ccccc4)c3Oc3ncn4nc(COc5ccccc5C)nc4c32)cc1. The Morgan fingerprint density at radius 1 is 0.875 bits per heavy atom. The first-order valence-corrected chi connectivity index (χ1v) is 13.0. The normalized spacial score (nSPS) is 13.9. The van der Waals surface area contributed by atoms with Gasteiger partial charge in [0.25, 0.3) is 0 Å². The van der Waals surface area contributed by atoms with E-state index in [9.17, 15) is 0 Å². The van der Waals surface area contributed by atoms with Gasteiger partial charge in [0.2, 0.25) is 11.8 Å². The molecule has 0 aliphatic carbocycles. The molecule has 3 aromatic carbocycles. The Labute approximate surface area is 230 Å². The standard InChI is InChI=1S/C31H26N6O3/c1-19-9-7-8-12-24(19)39-17-25-33-29-28-27(21-13-15-23(38-3)16-14-21)26-20(2)34-37(22-10-5-4-6-11-22)31(26)40-30(28)32-18-36(29)35-25/h4-16,18,27H,17H2,1-3H3/t27-/m1/s1. The third-order valence-electron chi connectivity index (χ3n) is 7.16. The van der Waals surface area contributed by atoms with Gasteiger partial charge in [0.05, 0.1) is 35.5 Å². The van der Waals surface area contributed by atoms with Crippen LogP contribution < -0.4 is 14.2 Å². The van der Waals surface area contributed by atoms with Crippen LogP contribution in [0.3, 0.4) is 0 Å². The number of para-hydroxylation sites is 2. The molecular formula is C31H26N6O3. The molecule has 3 aromatic heterocycles. The zero-order valence-electron chi connectivity index (χ0n) is 22.3. The van der Waals surface area contributed by atoms with Crippen molar-refractivity contribution in [1.82, 2.24) is 29.4 Å². The Hall–Kier alpha value is -5.18. The number of ether oxygens (including phenoxy) is 3. The molecule has 0 spiro atoms. The van der Waals surface area contributed by atoms with Gasteiger partial charge in [-0.05, 0) is 55.3 Å². The van der Waals surface area contributed by atoms with E-state index < -0.39 is 0 Å². The molecule has 0 saturated heterocycles. The third kappa shape index (κ3) is 3.94. The van der Waals surface area contributed by atoms with Gasteiger partial charge in [-0.1, -0.05) is 48.5 Å². The van der Waals surface area contributed by atoms with Gasteiger partial charge in [0, 0.05) is 0 Å². The van der Waals surface area contributed by atoms with Crippen molar-refractivity contribution in [3.8, 4) is 28.9 Å². The zero-order valence-corrected chi connectivity index (χ0v) is 22.3. The van der Waals surface area contributed by atoms with E-state index in [0.717, 1.165) is 45.1 Å². The lowest BCUT2D eigenvalue weighted by Gasteiger charge is -2.26. The molecule has 9 heteroatoms. The summed E-state index contributed by atoms with van der Waals surface area (Å²) in [7, 11) is 1.66. The van der Waals surface area contributed by atoms with E-state index in [2.05, 4.69) is 22.2 Å². The van der Waals surface area contributed by atoms with E-state index in [1.165, 1.54) is 0 Å². The second kappa shape index (κ2) is 9.53. The fraction of sp³-hybridized carbons (Fsp3) is 0.161. The first kappa shape index (κ1) is 23.9. The van der Waals surface area contributed by atoms with Crippen LogP contribution in [0.5, 0.6) is 23.3 Å². The number of aromatic nitrogens is 6. The molecule has 40 heavy (non-hydrogen) atoms. The second-order valence-electron chi connectivity index (χ2n) is 9.67. The number of hydrogen-bond donors (Lipinski definition) is 0. The molecule has 0 amide bonds. The summed E-state index contributed by atoms with van der Waals surface area (Å²) in [6.07, 6.45) is 1.63. The summed E-state index contributed by atoms with van der Waals surface area (Å²) < 4.78 is 21.5. The Morgan fingerprint density at radius 3 is 2.42 bits per heavy atom. The van der Waals surface area contributed by atoms with Gasteiger partial charge < -0.3 is 14.2 Å². The molecule has 0 radical (unpaired) electrons. The van der Waals surface area contributed by atoms with Gasteiger partial charge >= 0.3 is 0 Å². The molecule has 198 valence electrons. The molecular weight excluding hydrogens is 504 g/mol. The Kier molecular flexibility index (Phi) is 5.70. The largest absolute Gasteiger partial charge is 0.497 e. The average Bonchev–Trinajstić information content (AvgIpc) is 3.56. The molecule has 0 saturated carbocycles. The zero-order chi connectivity index (χ0) is 27.2. The Balaban J connectivity index is 1.37. The van der Waals surface area contributed by atoms with Gasteiger partial charge in [-0.15, -0.1) is 5.10 Å². The van der Waals surface area contributed by atoms with Crippen molar-refractivity contribution in [2.24, 2.45) is 0 Å². The highest BCUT2D eigenvalue weighted by atomic mass is 16.5. The maximum atomic E-state index is 6.50. The van der Waals surface area contributed by atoms with Crippen LogP contribution in [0.25, 0.3) is 11.3 Å².